The van der Waals surface area contributed by atoms with Gasteiger partial charge in [0.2, 0.25) is 0 Å². The Hall–Kier alpha value is -2.15. The van der Waals surface area contributed by atoms with Gasteiger partial charge in [-0.2, -0.15) is 0 Å². The smallest absolute Gasteiger partial charge is 0.458 e. The Labute approximate surface area is 161 Å². The second-order valence-electron chi connectivity index (χ2n) is 5.34. The number of methoxy groups -OCH3 is 1. The second kappa shape index (κ2) is 8.98. The predicted molar refractivity (Wildman–Crippen MR) is 96.8 cm³/mol. The molecule has 142 valence electrons. The van der Waals surface area contributed by atoms with Crippen molar-refractivity contribution in [2.75, 3.05) is 13.7 Å². The number of esters is 1. The van der Waals surface area contributed by atoms with E-state index in [0.717, 1.165) is 4.57 Å². The molecule has 0 unspecified atom stereocenters. The van der Waals surface area contributed by atoms with Crippen LogP contribution >= 0.6 is 22.6 Å². The Morgan fingerprint density at radius 2 is 2.19 bits per heavy atom. The van der Waals surface area contributed by atoms with Crippen molar-refractivity contribution >= 4 is 40.8 Å². The van der Waals surface area contributed by atoms with Crippen LogP contribution in [-0.2, 0) is 23.7 Å². The highest BCUT2D eigenvalue weighted by Crippen LogP contribution is 2.30. The Balaban J connectivity index is 2.30. The molecule has 1 aromatic rings. The topological polar surface area (TPSA) is 126 Å². The number of carbonyl (C=O) groups excluding carboxylic acids is 2. The number of H-pyrrole nitrogens is 1. The number of hydrogen-bond donors (Lipinski definition) is 1. The molecular formula is C15H17IN2O8. The normalized spacial score (nSPS) is 22.3. The molecular weight excluding hydrogens is 463 g/mol. The lowest BCUT2D eigenvalue weighted by molar-refractivity contribution is -0.152. The minimum absolute atomic E-state index is 0.139. The molecule has 26 heavy (non-hydrogen) atoms. The third-order valence-electron chi connectivity index (χ3n) is 3.53. The fourth-order valence-electron chi connectivity index (χ4n) is 2.48. The molecule has 1 N–H and O–H groups in total. The number of aromatic amines is 1. The van der Waals surface area contributed by atoms with E-state index >= 15 is 0 Å². The molecule has 2 rings (SSSR count). The van der Waals surface area contributed by atoms with Gasteiger partial charge in [-0.05, 0) is 10.2 Å². The first-order valence-electron chi connectivity index (χ1n) is 7.51. The molecule has 1 aromatic heterocycles. The van der Waals surface area contributed by atoms with Gasteiger partial charge in [0, 0.05) is 19.5 Å². The summed E-state index contributed by atoms with van der Waals surface area (Å²) in [5.41, 5.74) is -1.03. The third-order valence-corrected chi connectivity index (χ3v) is 3.89. The summed E-state index contributed by atoms with van der Waals surface area (Å²) in [4.78, 5) is 48.7. The Bertz CT molecular complexity index is 815. The van der Waals surface area contributed by atoms with Crippen molar-refractivity contribution in [1.29, 1.82) is 0 Å². The van der Waals surface area contributed by atoms with Gasteiger partial charge < -0.3 is 18.9 Å². The Morgan fingerprint density at radius 1 is 1.46 bits per heavy atom. The minimum Gasteiger partial charge on any atom is -0.458 e. The van der Waals surface area contributed by atoms with E-state index in [1.165, 1.54) is 26.3 Å². The van der Waals surface area contributed by atoms with Crippen LogP contribution in [0.25, 0.3) is 6.08 Å². The van der Waals surface area contributed by atoms with E-state index in [2.05, 4.69) is 9.72 Å². The number of nitrogens with one attached hydrogen (secondary N) is 1. The van der Waals surface area contributed by atoms with Crippen molar-refractivity contribution in [3.05, 3.63) is 36.7 Å². The van der Waals surface area contributed by atoms with Crippen LogP contribution < -0.4 is 11.2 Å². The second-order valence-corrected chi connectivity index (χ2v) is 6.06. The summed E-state index contributed by atoms with van der Waals surface area (Å²) in [6, 6.07) is 0. The molecule has 0 saturated carbocycles. The maximum Gasteiger partial charge on any atom is 0.508 e. The summed E-state index contributed by atoms with van der Waals surface area (Å²) in [5.74, 6) is -0.553. The minimum atomic E-state index is -0.976. The molecule has 10 nitrogen and oxygen atoms in total. The van der Waals surface area contributed by atoms with E-state index in [9.17, 15) is 19.2 Å². The van der Waals surface area contributed by atoms with Crippen molar-refractivity contribution in [1.82, 2.24) is 9.55 Å². The molecule has 1 aliphatic rings. The summed E-state index contributed by atoms with van der Waals surface area (Å²) in [6.07, 6.45) is -0.230. The van der Waals surface area contributed by atoms with E-state index in [1.807, 2.05) is 22.6 Å². The zero-order chi connectivity index (χ0) is 19.3. The maximum absolute atomic E-state index is 12.2. The van der Waals surface area contributed by atoms with Crippen molar-refractivity contribution in [3.8, 4) is 0 Å². The van der Waals surface area contributed by atoms with Gasteiger partial charge in [0.05, 0.1) is 18.8 Å². The first kappa shape index (κ1) is 20.2. The molecule has 1 aliphatic heterocycles. The molecule has 0 amide bonds. The number of aromatic nitrogens is 2. The lowest BCUT2D eigenvalue weighted by Crippen LogP contribution is -2.37. The summed E-state index contributed by atoms with van der Waals surface area (Å²) in [6.45, 7) is 1.09. The van der Waals surface area contributed by atoms with Crippen LogP contribution in [0, 0.1) is 0 Å². The summed E-state index contributed by atoms with van der Waals surface area (Å²) in [7, 11) is 1.17. The quantitative estimate of drug-likeness (QED) is 0.488. The largest absolute Gasteiger partial charge is 0.508 e. The highest BCUT2D eigenvalue weighted by molar-refractivity contribution is 14.1. The molecule has 1 fully saturated rings. The molecule has 0 aliphatic carbocycles. The van der Waals surface area contributed by atoms with Crippen LogP contribution in [0.5, 0.6) is 0 Å². The van der Waals surface area contributed by atoms with E-state index in [4.69, 9.17) is 14.2 Å². The number of carbonyl (C=O) groups is 2. The molecule has 0 spiro atoms. The van der Waals surface area contributed by atoms with Gasteiger partial charge in [0.25, 0.3) is 5.56 Å². The van der Waals surface area contributed by atoms with Gasteiger partial charge in [-0.15, -0.1) is 0 Å². The highest BCUT2D eigenvalue weighted by atomic mass is 127. The molecule has 0 aromatic carbocycles. The highest BCUT2D eigenvalue weighted by Gasteiger charge is 2.40. The first-order valence-corrected chi connectivity index (χ1v) is 8.76. The molecule has 1 saturated heterocycles. The van der Waals surface area contributed by atoms with E-state index in [1.54, 1.807) is 4.08 Å². The fraction of sp³-hybridized carbons (Fsp3) is 0.467. The van der Waals surface area contributed by atoms with Crippen molar-refractivity contribution in [3.63, 3.8) is 0 Å². The zero-order valence-corrected chi connectivity index (χ0v) is 16.1. The Kier molecular flexibility index (Phi) is 6.97. The molecule has 0 radical (unpaired) electrons. The molecule has 0 bridgehead atoms. The Morgan fingerprint density at radius 3 is 2.81 bits per heavy atom. The summed E-state index contributed by atoms with van der Waals surface area (Å²) >= 11 is 1.94. The predicted octanol–water partition coefficient (Wildman–Crippen LogP) is 0.944. The monoisotopic (exact) mass is 480 g/mol. The average molecular weight is 480 g/mol. The summed E-state index contributed by atoms with van der Waals surface area (Å²) in [5, 5.41) is 0. The number of nitrogens with zero attached hydrogens (tertiary/aromatic N) is 1. The molecule has 2 heterocycles. The van der Waals surface area contributed by atoms with Crippen LogP contribution in [0.1, 0.15) is 25.1 Å². The molecule has 3 atom stereocenters. The van der Waals surface area contributed by atoms with E-state index in [0.29, 0.717) is 0 Å². The number of hydrogen-bond acceptors (Lipinski definition) is 8. The van der Waals surface area contributed by atoms with E-state index in [-0.39, 0.29) is 18.6 Å². The van der Waals surface area contributed by atoms with Crippen LogP contribution in [0.2, 0.25) is 0 Å². The fourth-order valence-corrected chi connectivity index (χ4v) is 2.87. The average Bonchev–Trinajstić information content (AvgIpc) is 2.97. The number of ether oxygens (including phenoxy) is 4. The van der Waals surface area contributed by atoms with Gasteiger partial charge in [-0.3, -0.25) is 19.1 Å². The standard InChI is InChI=1S/C15H17IN2O8/c1-8(19)25-11-5-10(7-24-15(22)23-2)26-13(11)18-6-9(3-4-16)12(20)17-14(18)21/h3-4,6,10-11,13H,5,7H2,1-2H3,(H,17,20,21)/t10-,11+,13+/m0/s1. The lowest BCUT2D eigenvalue weighted by Gasteiger charge is -2.20. The number of rotatable bonds is 5. The van der Waals surface area contributed by atoms with Gasteiger partial charge in [0.1, 0.15) is 12.7 Å². The van der Waals surface area contributed by atoms with Gasteiger partial charge >= 0.3 is 17.8 Å². The van der Waals surface area contributed by atoms with Gasteiger partial charge in [0.15, 0.2) is 6.23 Å². The number of halogens is 1. The van der Waals surface area contributed by atoms with Crippen LogP contribution in [0.3, 0.4) is 0 Å². The van der Waals surface area contributed by atoms with E-state index < -0.39 is 41.8 Å². The van der Waals surface area contributed by atoms with Crippen molar-refractivity contribution in [2.24, 2.45) is 0 Å². The van der Waals surface area contributed by atoms with Crippen LogP contribution in [0.15, 0.2) is 19.9 Å². The summed E-state index contributed by atoms with van der Waals surface area (Å²) < 4.78 is 22.9. The first-order chi connectivity index (χ1) is 12.3. The van der Waals surface area contributed by atoms with Crippen LogP contribution in [-0.4, -0.2) is 47.6 Å². The zero-order valence-electron chi connectivity index (χ0n) is 14.0. The molecule has 11 heteroatoms. The van der Waals surface area contributed by atoms with Crippen molar-refractivity contribution < 1.29 is 28.5 Å². The lowest BCUT2D eigenvalue weighted by atomic mass is 10.2. The van der Waals surface area contributed by atoms with Gasteiger partial charge in [-0.1, -0.05) is 22.6 Å². The SMILES string of the molecule is COC(=O)OC[C@@H]1C[C@@H](OC(C)=O)[C@H](n2cc(C=CI)c(=O)[nH]c2=O)O1. The van der Waals surface area contributed by atoms with Crippen molar-refractivity contribution in [2.45, 2.75) is 31.8 Å². The third kappa shape index (κ3) is 4.94. The van der Waals surface area contributed by atoms with Crippen LogP contribution in [0.4, 0.5) is 4.79 Å². The maximum atomic E-state index is 12.2. The van der Waals surface area contributed by atoms with Gasteiger partial charge in [-0.25, -0.2) is 9.59 Å².